The summed E-state index contributed by atoms with van der Waals surface area (Å²) < 4.78 is 5.07. The first-order valence-corrected chi connectivity index (χ1v) is 9.30. The zero-order valence-corrected chi connectivity index (χ0v) is 14.9. The maximum Gasteiger partial charge on any atom is 0.273 e. The highest BCUT2D eigenvalue weighted by molar-refractivity contribution is 7.09. The van der Waals surface area contributed by atoms with E-state index in [1.54, 1.807) is 7.11 Å². The molecule has 0 atom stereocenters. The van der Waals surface area contributed by atoms with E-state index in [4.69, 9.17) is 9.72 Å². The Morgan fingerprint density at radius 2 is 2.12 bits per heavy atom. The van der Waals surface area contributed by atoms with E-state index in [2.05, 4.69) is 9.97 Å². The van der Waals surface area contributed by atoms with Crippen LogP contribution in [0.2, 0.25) is 0 Å². The molecule has 3 aromatic rings. The van der Waals surface area contributed by atoms with Gasteiger partial charge in [0.05, 0.1) is 17.6 Å². The van der Waals surface area contributed by atoms with E-state index in [0.29, 0.717) is 18.2 Å². The number of para-hydroxylation sites is 2. The van der Waals surface area contributed by atoms with Crippen LogP contribution in [0.25, 0.3) is 11.0 Å². The molecule has 1 amide bonds. The van der Waals surface area contributed by atoms with E-state index in [-0.39, 0.29) is 5.91 Å². The predicted molar refractivity (Wildman–Crippen MR) is 96.8 cm³/mol. The van der Waals surface area contributed by atoms with Gasteiger partial charge in [0.15, 0.2) is 0 Å². The lowest BCUT2D eigenvalue weighted by atomic mass is 9.96. The van der Waals surface area contributed by atoms with Crippen molar-refractivity contribution in [1.29, 1.82) is 0 Å². The van der Waals surface area contributed by atoms with Gasteiger partial charge in [0.1, 0.15) is 16.5 Å². The number of fused-ring (bicyclic) bond motifs is 1. The van der Waals surface area contributed by atoms with Crippen molar-refractivity contribution >= 4 is 28.3 Å². The molecule has 1 aliphatic rings. The largest absolute Gasteiger partial charge is 0.378 e. The minimum absolute atomic E-state index is 0.0154. The van der Waals surface area contributed by atoms with Crippen molar-refractivity contribution in [2.75, 3.05) is 20.2 Å². The Morgan fingerprint density at radius 1 is 1.32 bits per heavy atom. The smallest absolute Gasteiger partial charge is 0.273 e. The van der Waals surface area contributed by atoms with Crippen LogP contribution in [0.4, 0.5) is 0 Å². The minimum Gasteiger partial charge on any atom is -0.378 e. The lowest BCUT2D eigenvalue weighted by Gasteiger charge is -2.30. The molecule has 0 aliphatic carbocycles. The third-order valence-electron chi connectivity index (χ3n) is 4.62. The van der Waals surface area contributed by atoms with Gasteiger partial charge in [-0.25, -0.2) is 9.97 Å². The van der Waals surface area contributed by atoms with Crippen molar-refractivity contribution in [2.24, 2.45) is 0 Å². The lowest BCUT2D eigenvalue weighted by Crippen LogP contribution is -2.38. The van der Waals surface area contributed by atoms with Gasteiger partial charge < -0.3 is 14.6 Å². The van der Waals surface area contributed by atoms with Crippen LogP contribution in [0.1, 0.15) is 40.1 Å². The van der Waals surface area contributed by atoms with Crippen molar-refractivity contribution in [2.45, 2.75) is 25.4 Å². The van der Waals surface area contributed by atoms with E-state index in [1.807, 2.05) is 34.5 Å². The summed E-state index contributed by atoms with van der Waals surface area (Å²) in [5.41, 5.74) is 2.60. The molecule has 3 heterocycles. The number of nitrogens with zero attached hydrogens (tertiary/aromatic N) is 3. The number of amides is 1. The number of carbonyl (C=O) groups is 1. The van der Waals surface area contributed by atoms with Crippen LogP contribution >= 0.6 is 11.3 Å². The summed E-state index contributed by atoms with van der Waals surface area (Å²) >= 11 is 1.47. The standard InChI is InChI=1S/C18H20N4O2S/c1-24-10-16-19-15(11-25-16)18(23)22-8-6-12(7-9-22)17-20-13-4-2-3-5-14(13)21-17/h2-5,11-12H,6-10H2,1H3,(H,20,21). The van der Waals surface area contributed by atoms with Crippen LogP contribution in [0, 0.1) is 0 Å². The van der Waals surface area contributed by atoms with Gasteiger partial charge in [0.25, 0.3) is 5.91 Å². The Hall–Kier alpha value is -2.25. The van der Waals surface area contributed by atoms with E-state index in [9.17, 15) is 4.79 Å². The Kier molecular flexibility index (Phi) is 4.50. The number of aromatic nitrogens is 3. The molecule has 7 heteroatoms. The molecule has 25 heavy (non-hydrogen) atoms. The Balaban J connectivity index is 1.41. The van der Waals surface area contributed by atoms with Gasteiger partial charge in [-0.05, 0) is 25.0 Å². The number of benzene rings is 1. The van der Waals surface area contributed by atoms with E-state index in [0.717, 1.165) is 47.8 Å². The summed E-state index contributed by atoms with van der Waals surface area (Å²) in [4.78, 5) is 27.0. The highest BCUT2D eigenvalue weighted by atomic mass is 32.1. The SMILES string of the molecule is COCc1nc(C(=O)N2CCC(c3nc4ccccc4[nH]3)CC2)cs1. The van der Waals surface area contributed by atoms with Crippen LogP contribution in [0.3, 0.4) is 0 Å². The van der Waals surface area contributed by atoms with Crippen LogP contribution in [-0.4, -0.2) is 46.0 Å². The molecule has 1 N–H and O–H groups in total. The number of thiazole rings is 1. The van der Waals surface area contributed by atoms with Crippen LogP contribution in [0.15, 0.2) is 29.6 Å². The average molecular weight is 356 g/mol. The molecular weight excluding hydrogens is 336 g/mol. The highest BCUT2D eigenvalue weighted by Gasteiger charge is 2.27. The first-order valence-electron chi connectivity index (χ1n) is 8.42. The summed E-state index contributed by atoms with van der Waals surface area (Å²) in [7, 11) is 1.63. The molecule has 1 saturated heterocycles. The zero-order chi connectivity index (χ0) is 17.2. The van der Waals surface area contributed by atoms with E-state index in [1.165, 1.54) is 11.3 Å². The fourth-order valence-electron chi connectivity index (χ4n) is 3.28. The number of rotatable bonds is 4. The van der Waals surface area contributed by atoms with Gasteiger partial charge >= 0.3 is 0 Å². The molecule has 0 saturated carbocycles. The van der Waals surface area contributed by atoms with Crippen LogP contribution < -0.4 is 0 Å². The number of aromatic amines is 1. The maximum absolute atomic E-state index is 12.6. The fraction of sp³-hybridized carbons (Fsp3) is 0.389. The molecule has 1 fully saturated rings. The summed E-state index contributed by atoms with van der Waals surface area (Å²) in [6, 6.07) is 8.08. The summed E-state index contributed by atoms with van der Waals surface area (Å²) in [5.74, 6) is 1.42. The topological polar surface area (TPSA) is 71.1 Å². The number of imidazole rings is 1. The minimum atomic E-state index is 0.0154. The van der Waals surface area contributed by atoms with Crippen LogP contribution in [0.5, 0.6) is 0 Å². The fourth-order valence-corrected chi connectivity index (χ4v) is 4.02. The molecule has 2 aromatic heterocycles. The highest BCUT2D eigenvalue weighted by Crippen LogP contribution is 2.28. The quantitative estimate of drug-likeness (QED) is 0.779. The maximum atomic E-state index is 12.6. The summed E-state index contributed by atoms with van der Waals surface area (Å²) in [6.07, 6.45) is 1.83. The number of methoxy groups -OCH3 is 1. The normalized spacial score (nSPS) is 15.8. The molecule has 0 radical (unpaired) electrons. The van der Waals surface area contributed by atoms with Crippen LogP contribution in [-0.2, 0) is 11.3 Å². The van der Waals surface area contributed by atoms with E-state index >= 15 is 0 Å². The van der Waals surface area contributed by atoms with Crippen molar-refractivity contribution in [1.82, 2.24) is 19.9 Å². The number of likely N-dealkylation sites (tertiary alicyclic amines) is 1. The van der Waals surface area contributed by atoms with Gasteiger partial charge in [-0.3, -0.25) is 4.79 Å². The first kappa shape index (κ1) is 16.2. The number of hydrogen-bond acceptors (Lipinski definition) is 5. The lowest BCUT2D eigenvalue weighted by molar-refractivity contribution is 0.0705. The second-order valence-electron chi connectivity index (χ2n) is 6.27. The molecule has 4 rings (SSSR count). The molecule has 6 nitrogen and oxygen atoms in total. The molecule has 0 bridgehead atoms. The Labute approximate surface area is 149 Å². The van der Waals surface area contributed by atoms with Gasteiger partial charge in [0, 0.05) is 31.5 Å². The molecule has 130 valence electrons. The molecule has 0 unspecified atom stereocenters. The third-order valence-corrected chi connectivity index (χ3v) is 5.44. The first-order chi connectivity index (χ1) is 12.2. The zero-order valence-electron chi connectivity index (χ0n) is 14.1. The molecule has 1 aliphatic heterocycles. The number of nitrogens with one attached hydrogen (secondary N) is 1. The number of H-pyrrole nitrogens is 1. The monoisotopic (exact) mass is 356 g/mol. The summed E-state index contributed by atoms with van der Waals surface area (Å²) in [5, 5.41) is 2.66. The van der Waals surface area contributed by atoms with Crippen molar-refractivity contribution in [3.8, 4) is 0 Å². The predicted octanol–water partition coefficient (Wildman–Crippen LogP) is 3.19. The Morgan fingerprint density at radius 3 is 2.88 bits per heavy atom. The van der Waals surface area contributed by atoms with Crippen molar-refractivity contribution < 1.29 is 9.53 Å². The Bertz CT molecular complexity index is 847. The van der Waals surface area contributed by atoms with Gasteiger partial charge in [-0.1, -0.05) is 12.1 Å². The third kappa shape index (κ3) is 3.29. The van der Waals surface area contributed by atoms with E-state index < -0.39 is 0 Å². The average Bonchev–Trinajstić information content (AvgIpc) is 3.28. The van der Waals surface area contributed by atoms with Gasteiger partial charge in [0.2, 0.25) is 0 Å². The van der Waals surface area contributed by atoms with Crippen molar-refractivity contribution in [3.63, 3.8) is 0 Å². The summed E-state index contributed by atoms with van der Waals surface area (Å²) in [6.45, 7) is 1.92. The molecular formula is C18H20N4O2S. The number of ether oxygens (including phenoxy) is 1. The number of hydrogen-bond donors (Lipinski definition) is 1. The number of piperidine rings is 1. The second kappa shape index (κ2) is 6.93. The van der Waals surface area contributed by atoms with Crippen molar-refractivity contribution in [3.05, 3.63) is 46.2 Å². The van der Waals surface area contributed by atoms with Gasteiger partial charge in [-0.2, -0.15) is 0 Å². The second-order valence-corrected chi connectivity index (χ2v) is 7.21. The number of carbonyl (C=O) groups excluding carboxylic acids is 1. The van der Waals surface area contributed by atoms with Gasteiger partial charge in [-0.15, -0.1) is 11.3 Å². The molecule has 1 aromatic carbocycles. The molecule has 0 spiro atoms.